The van der Waals surface area contributed by atoms with E-state index in [2.05, 4.69) is 20.6 Å². The minimum Gasteiger partial charge on any atom is -0.341 e. The second kappa shape index (κ2) is 9.23. The smallest absolute Gasteiger partial charge is 0.323 e. The number of aromatic amines is 1. The van der Waals surface area contributed by atoms with Crippen LogP contribution in [0.2, 0.25) is 5.02 Å². The molecule has 6 nitrogen and oxygen atoms in total. The summed E-state index contributed by atoms with van der Waals surface area (Å²) in [6, 6.07) is 11.0. The molecular weight excluding hydrogens is 460 g/mol. The van der Waals surface area contributed by atoms with Gasteiger partial charge in [-0.05, 0) is 48.5 Å². The number of pyridine rings is 1. The highest BCUT2D eigenvalue weighted by molar-refractivity contribution is 6.30. The fraction of sp³-hybridized carbons (Fsp3) is 0.160. The van der Waals surface area contributed by atoms with Crippen LogP contribution in [-0.2, 0) is 5.41 Å². The van der Waals surface area contributed by atoms with Crippen LogP contribution in [0.1, 0.15) is 26.6 Å². The van der Waals surface area contributed by atoms with E-state index in [9.17, 15) is 13.6 Å². The van der Waals surface area contributed by atoms with Gasteiger partial charge in [0.05, 0.1) is 22.8 Å². The van der Waals surface area contributed by atoms with Crippen molar-refractivity contribution in [2.45, 2.75) is 26.2 Å². The lowest BCUT2D eigenvalue weighted by atomic mass is 9.96. The number of imidazole rings is 1. The first-order chi connectivity index (χ1) is 16.1. The summed E-state index contributed by atoms with van der Waals surface area (Å²) in [6.07, 6.45) is 3.35. The number of rotatable bonds is 4. The van der Waals surface area contributed by atoms with Gasteiger partial charge in [0.1, 0.15) is 17.5 Å². The van der Waals surface area contributed by atoms with Gasteiger partial charge >= 0.3 is 6.03 Å². The van der Waals surface area contributed by atoms with E-state index < -0.39 is 17.7 Å². The fourth-order valence-electron chi connectivity index (χ4n) is 3.30. The molecule has 34 heavy (non-hydrogen) atoms. The van der Waals surface area contributed by atoms with Gasteiger partial charge < -0.3 is 15.6 Å². The molecule has 2 aromatic heterocycles. The molecule has 0 unspecified atom stereocenters. The van der Waals surface area contributed by atoms with Crippen molar-refractivity contribution < 1.29 is 13.6 Å². The van der Waals surface area contributed by atoms with Crippen molar-refractivity contribution in [2.75, 3.05) is 10.6 Å². The molecule has 4 aromatic rings. The number of urea groups is 1. The maximum atomic E-state index is 14.6. The number of halogens is 3. The molecule has 2 amide bonds. The molecule has 0 fully saturated rings. The Morgan fingerprint density at radius 3 is 2.29 bits per heavy atom. The fourth-order valence-corrected chi connectivity index (χ4v) is 3.46. The first-order valence-corrected chi connectivity index (χ1v) is 10.8. The number of carbonyl (C=O) groups is 1. The summed E-state index contributed by atoms with van der Waals surface area (Å²) < 4.78 is 28.6. The summed E-state index contributed by atoms with van der Waals surface area (Å²) in [5.74, 6) is -0.596. The Bertz CT molecular complexity index is 1350. The van der Waals surface area contributed by atoms with E-state index in [4.69, 9.17) is 16.6 Å². The molecule has 0 bridgehead atoms. The number of anilines is 2. The maximum absolute atomic E-state index is 14.6. The lowest BCUT2D eigenvalue weighted by Gasteiger charge is -2.14. The molecule has 0 atom stereocenters. The van der Waals surface area contributed by atoms with Crippen LogP contribution in [0.5, 0.6) is 0 Å². The molecular formula is C25H22ClF2N5O. The van der Waals surface area contributed by atoms with E-state index in [0.29, 0.717) is 11.3 Å². The average molecular weight is 482 g/mol. The molecule has 3 N–H and O–H groups in total. The molecule has 4 rings (SSSR count). The Labute approximate surface area is 200 Å². The van der Waals surface area contributed by atoms with Gasteiger partial charge in [0.15, 0.2) is 0 Å². The van der Waals surface area contributed by atoms with Gasteiger partial charge in [-0.1, -0.05) is 32.4 Å². The van der Waals surface area contributed by atoms with E-state index >= 15 is 0 Å². The average Bonchev–Trinajstić information content (AvgIpc) is 3.24. The molecule has 2 aromatic carbocycles. The van der Waals surface area contributed by atoms with Crippen LogP contribution >= 0.6 is 11.6 Å². The van der Waals surface area contributed by atoms with E-state index in [-0.39, 0.29) is 21.8 Å². The zero-order valence-corrected chi connectivity index (χ0v) is 19.5. The van der Waals surface area contributed by atoms with Gasteiger partial charge in [0.25, 0.3) is 0 Å². The van der Waals surface area contributed by atoms with E-state index in [0.717, 1.165) is 23.1 Å². The highest BCUT2D eigenvalue weighted by atomic mass is 35.5. The number of hydrogen-bond donors (Lipinski definition) is 3. The molecule has 174 valence electrons. The summed E-state index contributed by atoms with van der Waals surface area (Å²) in [6.45, 7) is 6.09. The molecule has 9 heteroatoms. The SMILES string of the molecule is CC(C)(C)c1nc(-c2ccc(F)c(NC(=O)Nc3ccc(Cl)cc3F)c2)c(-c2ccncc2)[nH]1. The minimum absolute atomic E-state index is 0.0784. The summed E-state index contributed by atoms with van der Waals surface area (Å²) >= 11 is 5.74. The number of H-pyrrole nitrogens is 1. The Morgan fingerprint density at radius 2 is 1.62 bits per heavy atom. The second-order valence-electron chi connectivity index (χ2n) is 8.69. The van der Waals surface area contributed by atoms with Crippen LogP contribution in [0.4, 0.5) is 25.0 Å². The zero-order valence-electron chi connectivity index (χ0n) is 18.7. The molecule has 0 aliphatic rings. The van der Waals surface area contributed by atoms with Gasteiger partial charge in [-0.15, -0.1) is 0 Å². The Balaban J connectivity index is 1.68. The maximum Gasteiger partial charge on any atom is 0.323 e. The molecule has 0 saturated carbocycles. The van der Waals surface area contributed by atoms with Crippen molar-refractivity contribution in [1.82, 2.24) is 15.0 Å². The molecule has 0 aliphatic heterocycles. The van der Waals surface area contributed by atoms with Crippen LogP contribution in [0.3, 0.4) is 0 Å². The Kier molecular flexibility index (Phi) is 6.34. The Hall–Kier alpha value is -3.78. The standard InChI is InChI=1S/C25H22ClF2N5O/c1-25(2,3)23-32-21(14-8-10-29-11-9-14)22(33-23)15-4-6-17(27)20(12-15)31-24(34)30-19-7-5-16(26)13-18(19)28/h4-13H,1-3H3,(H,32,33)(H2,30,31,34). The number of carbonyl (C=O) groups excluding carboxylic acids is 1. The summed E-state index contributed by atoms with van der Waals surface area (Å²) in [5, 5.41) is 4.98. The quantitative estimate of drug-likeness (QED) is 0.293. The topological polar surface area (TPSA) is 82.7 Å². The van der Waals surface area contributed by atoms with Crippen molar-refractivity contribution in [3.05, 3.63) is 83.4 Å². The van der Waals surface area contributed by atoms with Crippen LogP contribution in [-0.4, -0.2) is 21.0 Å². The van der Waals surface area contributed by atoms with Gasteiger partial charge in [-0.25, -0.2) is 18.6 Å². The summed E-state index contributed by atoms with van der Waals surface area (Å²) in [7, 11) is 0. The van der Waals surface area contributed by atoms with Crippen LogP contribution < -0.4 is 10.6 Å². The van der Waals surface area contributed by atoms with Crippen molar-refractivity contribution in [2.24, 2.45) is 0 Å². The molecule has 2 heterocycles. The summed E-state index contributed by atoms with van der Waals surface area (Å²) in [5.41, 5.74) is 2.38. The van der Waals surface area contributed by atoms with E-state index in [1.807, 2.05) is 32.9 Å². The molecule has 0 radical (unpaired) electrons. The van der Waals surface area contributed by atoms with Gasteiger partial charge in [0.2, 0.25) is 0 Å². The largest absolute Gasteiger partial charge is 0.341 e. The third kappa shape index (κ3) is 5.07. The minimum atomic E-state index is -0.802. The zero-order chi connectivity index (χ0) is 24.5. The van der Waals surface area contributed by atoms with Crippen LogP contribution in [0, 0.1) is 11.6 Å². The van der Waals surface area contributed by atoms with E-state index in [1.165, 1.54) is 24.3 Å². The number of aromatic nitrogens is 3. The van der Waals surface area contributed by atoms with Crippen molar-refractivity contribution in [3.8, 4) is 22.5 Å². The van der Waals surface area contributed by atoms with Crippen molar-refractivity contribution in [1.29, 1.82) is 0 Å². The Morgan fingerprint density at radius 1 is 0.912 bits per heavy atom. The van der Waals surface area contributed by atoms with Gasteiger partial charge in [0, 0.05) is 34.0 Å². The second-order valence-corrected chi connectivity index (χ2v) is 9.13. The van der Waals surface area contributed by atoms with Gasteiger partial charge in [-0.3, -0.25) is 4.98 Å². The highest BCUT2D eigenvalue weighted by Gasteiger charge is 2.23. The highest BCUT2D eigenvalue weighted by Crippen LogP contribution is 2.34. The lowest BCUT2D eigenvalue weighted by molar-refractivity contribution is 0.262. The number of benzene rings is 2. The monoisotopic (exact) mass is 481 g/mol. The molecule has 0 saturated heterocycles. The number of amides is 2. The third-order valence-corrected chi connectivity index (χ3v) is 5.29. The van der Waals surface area contributed by atoms with Crippen LogP contribution in [0.25, 0.3) is 22.5 Å². The van der Waals surface area contributed by atoms with Crippen molar-refractivity contribution in [3.63, 3.8) is 0 Å². The first-order valence-electron chi connectivity index (χ1n) is 10.5. The van der Waals surface area contributed by atoms with Crippen LogP contribution in [0.15, 0.2) is 60.9 Å². The molecule has 0 aliphatic carbocycles. The normalized spacial score (nSPS) is 11.4. The number of nitrogens with one attached hydrogen (secondary N) is 3. The summed E-state index contributed by atoms with van der Waals surface area (Å²) in [4.78, 5) is 24.6. The lowest BCUT2D eigenvalue weighted by Crippen LogP contribution is -2.20. The number of nitrogens with zero attached hydrogens (tertiary/aromatic N) is 2. The number of hydrogen-bond acceptors (Lipinski definition) is 3. The van der Waals surface area contributed by atoms with E-state index in [1.54, 1.807) is 18.5 Å². The predicted molar refractivity (Wildman–Crippen MR) is 130 cm³/mol. The third-order valence-electron chi connectivity index (χ3n) is 5.05. The first kappa shape index (κ1) is 23.4. The molecule has 0 spiro atoms. The van der Waals surface area contributed by atoms with Crippen molar-refractivity contribution >= 4 is 29.0 Å². The van der Waals surface area contributed by atoms with Gasteiger partial charge in [-0.2, -0.15) is 0 Å². The predicted octanol–water partition coefficient (Wildman–Crippen LogP) is 7.01.